The molecule has 0 fully saturated rings. The zero-order valence-corrected chi connectivity index (χ0v) is 11.8. The maximum absolute atomic E-state index is 9.60. The van der Waals surface area contributed by atoms with Crippen LogP contribution >= 0.6 is 0 Å². The topological polar surface area (TPSA) is 23.5 Å². The van der Waals surface area contributed by atoms with Gasteiger partial charge >= 0.3 is 0 Å². The van der Waals surface area contributed by atoms with E-state index >= 15 is 0 Å². The van der Waals surface area contributed by atoms with Crippen LogP contribution in [-0.4, -0.2) is 23.1 Å². The fourth-order valence-corrected chi connectivity index (χ4v) is 3.10. The lowest BCUT2D eigenvalue weighted by atomic mass is 9.86. The van der Waals surface area contributed by atoms with Crippen molar-refractivity contribution in [3.63, 3.8) is 0 Å². The van der Waals surface area contributed by atoms with Crippen molar-refractivity contribution >= 4 is 0 Å². The highest BCUT2D eigenvalue weighted by Crippen LogP contribution is 2.36. The van der Waals surface area contributed by atoms with Crippen molar-refractivity contribution in [3.8, 4) is 5.75 Å². The third-order valence-corrected chi connectivity index (χ3v) is 3.86. The minimum absolute atomic E-state index is 0.404. The van der Waals surface area contributed by atoms with Gasteiger partial charge in [-0.25, -0.2) is 0 Å². The highest BCUT2D eigenvalue weighted by Gasteiger charge is 2.25. The Labute approximate surface area is 111 Å². The van der Waals surface area contributed by atoms with E-state index in [0.29, 0.717) is 17.7 Å². The monoisotopic (exact) mass is 247 g/mol. The molecule has 1 aromatic carbocycles. The fraction of sp³-hybridized carbons (Fsp3) is 0.625. The molecule has 0 amide bonds. The molecule has 100 valence electrons. The largest absolute Gasteiger partial charge is 0.508 e. The number of aromatic hydroxyl groups is 1. The van der Waals surface area contributed by atoms with Crippen molar-refractivity contribution in [2.24, 2.45) is 5.92 Å². The second kappa shape index (κ2) is 5.75. The average molecular weight is 247 g/mol. The molecule has 0 heterocycles. The van der Waals surface area contributed by atoms with Crippen molar-refractivity contribution < 1.29 is 5.11 Å². The SMILES string of the molecule is CCN(CC(C)C)C1CCCc2cc(O)ccc21. The van der Waals surface area contributed by atoms with Crippen molar-refractivity contribution in [1.82, 2.24) is 4.90 Å². The number of fused-ring (bicyclic) bond motifs is 1. The summed E-state index contributed by atoms with van der Waals surface area (Å²) in [4.78, 5) is 2.58. The molecule has 0 saturated carbocycles. The van der Waals surface area contributed by atoms with Gasteiger partial charge in [-0.05, 0) is 55.0 Å². The van der Waals surface area contributed by atoms with Crippen molar-refractivity contribution in [1.29, 1.82) is 0 Å². The first kappa shape index (κ1) is 13.4. The Morgan fingerprint density at radius 1 is 1.39 bits per heavy atom. The third-order valence-electron chi connectivity index (χ3n) is 3.86. The highest BCUT2D eigenvalue weighted by molar-refractivity contribution is 5.38. The van der Waals surface area contributed by atoms with E-state index in [1.165, 1.54) is 24.0 Å². The average Bonchev–Trinajstić information content (AvgIpc) is 2.34. The van der Waals surface area contributed by atoms with Gasteiger partial charge in [0, 0.05) is 12.6 Å². The summed E-state index contributed by atoms with van der Waals surface area (Å²) in [6.45, 7) is 9.06. The number of benzene rings is 1. The van der Waals surface area contributed by atoms with E-state index in [1.54, 1.807) is 0 Å². The first-order valence-electron chi connectivity index (χ1n) is 7.17. The third kappa shape index (κ3) is 2.86. The Kier molecular flexibility index (Phi) is 4.28. The molecule has 2 heteroatoms. The first-order valence-corrected chi connectivity index (χ1v) is 7.17. The van der Waals surface area contributed by atoms with Crippen molar-refractivity contribution in [2.75, 3.05) is 13.1 Å². The van der Waals surface area contributed by atoms with Gasteiger partial charge in [-0.2, -0.15) is 0 Å². The molecule has 1 unspecified atom stereocenters. The van der Waals surface area contributed by atoms with Crippen LogP contribution in [0.15, 0.2) is 18.2 Å². The molecule has 1 aromatic rings. The molecule has 18 heavy (non-hydrogen) atoms. The summed E-state index contributed by atoms with van der Waals surface area (Å²) in [7, 11) is 0. The summed E-state index contributed by atoms with van der Waals surface area (Å²) in [6.07, 6.45) is 3.59. The molecular formula is C16H25NO. The van der Waals surface area contributed by atoms with Gasteiger partial charge in [0.1, 0.15) is 5.75 Å². The van der Waals surface area contributed by atoms with Gasteiger partial charge in [-0.3, -0.25) is 4.90 Å². The van der Waals surface area contributed by atoms with Gasteiger partial charge in [-0.1, -0.05) is 26.8 Å². The van der Waals surface area contributed by atoms with E-state index in [9.17, 15) is 5.11 Å². The van der Waals surface area contributed by atoms with Crippen LogP contribution in [0.25, 0.3) is 0 Å². The Morgan fingerprint density at radius 2 is 2.17 bits per heavy atom. The maximum atomic E-state index is 9.60. The van der Waals surface area contributed by atoms with E-state index in [-0.39, 0.29) is 0 Å². The zero-order valence-electron chi connectivity index (χ0n) is 11.8. The number of phenolic OH excluding ortho intramolecular Hbond substituents is 1. The van der Waals surface area contributed by atoms with Crippen LogP contribution in [0.2, 0.25) is 0 Å². The molecule has 2 rings (SSSR count). The van der Waals surface area contributed by atoms with Gasteiger partial charge in [-0.15, -0.1) is 0 Å². The van der Waals surface area contributed by atoms with Gasteiger partial charge in [0.05, 0.1) is 0 Å². The lowest BCUT2D eigenvalue weighted by molar-refractivity contribution is 0.168. The number of nitrogens with zero attached hydrogens (tertiary/aromatic N) is 1. The molecule has 0 saturated heterocycles. The molecular weight excluding hydrogens is 222 g/mol. The Hall–Kier alpha value is -1.02. The van der Waals surface area contributed by atoms with E-state index in [1.807, 2.05) is 12.1 Å². The summed E-state index contributed by atoms with van der Waals surface area (Å²) < 4.78 is 0. The van der Waals surface area contributed by atoms with Gasteiger partial charge in [0.25, 0.3) is 0 Å². The van der Waals surface area contributed by atoms with Crippen molar-refractivity contribution in [3.05, 3.63) is 29.3 Å². The van der Waals surface area contributed by atoms with Gasteiger partial charge < -0.3 is 5.11 Å². The summed E-state index contributed by atoms with van der Waals surface area (Å²) in [6, 6.07) is 6.45. The summed E-state index contributed by atoms with van der Waals surface area (Å²) in [5, 5.41) is 9.60. The number of rotatable bonds is 4. The van der Waals surface area contributed by atoms with Gasteiger partial charge in [0.2, 0.25) is 0 Å². The lowest BCUT2D eigenvalue weighted by Crippen LogP contribution is -2.34. The van der Waals surface area contributed by atoms with Crippen LogP contribution in [0.1, 0.15) is 50.8 Å². The lowest BCUT2D eigenvalue weighted by Gasteiger charge is -2.36. The normalized spacial score (nSPS) is 19.3. The molecule has 0 spiro atoms. The van der Waals surface area contributed by atoms with Crippen LogP contribution in [0, 0.1) is 5.92 Å². The second-order valence-electron chi connectivity index (χ2n) is 5.77. The minimum atomic E-state index is 0.404. The number of hydrogen-bond donors (Lipinski definition) is 1. The standard InChI is InChI=1S/C16H25NO/c1-4-17(11-12(2)3)16-7-5-6-13-10-14(18)8-9-15(13)16/h8-10,12,16,18H,4-7,11H2,1-3H3. The molecule has 0 aliphatic heterocycles. The molecule has 0 bridgehead atoms. The minimum Gasteiger partial charge on any atom is -0.508 e. The molecule has 1 aliphatic rings. The summed E-state index contributed by atoms with van der Waals surface area (Å²) in [5.74, 6) is 1.11. The zero-order chi connectivity index (χ0) is 13.1. The van der Waals surface area contributed by atoms with Crippen LogP contribution in [-0.2, 0) is 6.42 Å². The Balaban J connectivity index is 2.25. The molecule has 1 N–H and O–H groups in total. The first-order chi connectivity index (χ1) is 8.61. The van der Waals surface area contributed by atoms with Crippen LogP contribution in [0.3, 0.4) is 0 Å². The Bertz CT molecular complexity index is 400. The fourth-order valence-electron chi connectivity index (χ4n) is 3.10. The van der Waals surface area contributed by atoms with E-state index in [0.717, 1.165) is 19.5 Å². The van der Waals surface area contributed by atoms with Crippen LogP contribution in [0.4, 0.5) is 0 Å². The molecule has 2 nitrogen and oxygen atoms in total. The molecule has 1 aliphatic carbocycles. The van der Waals surface area contributed by atoms with Crippen molar-refractivity contribution in [2.45, 2.75) is 46.1 Å². The molecule has 1 atom stereocenters. The maximum Gasteiger partial charge on any atom is 0.115 e. The number of aryl methyl sites for hydroxylation is 1. The predicted octanol–water partition coefficient (Wildman–Crippen LogP) is 3.75. The second-order valence-corrected chi connectivity index (χ2v) is 5.77. The van der Waals surface area contributed by atoms with E-state index in [4.69, 9.17) is 0 Å². The predicted molar refractivity (Wildman–Crippen MR) is 75.9 cm³/mol. The van der Waals surface area contributed by atoms with Crippen LogP contribution in [0.5, 0.6) is 5.75 Å². The van der Waals surface area contributed by atoms with E-state index in [2.05, 4.69) is 31.7 Å². The Morgan fingerprint density at radius 3 is 2.83 bits per heavy atom. The summed E-state index contributed by atoms with van der Waals surface area (Å²) >= 11 is 0. The number of phenols is 1. The van der Waals surface area contributed by atoms with Crippen LogP contribution < -0.4 is 0 Å². The molecule has 0 aromatic heterocycles. The molecule has 0 radical (unpaired) electrons. The van der Waals surface area contributed by atoms with E-state index < -0.39 is 0 Å². The smallest absolute Gasteiger partial charge is 0.115 e. The summed E-state index contributed by atoms with van der Waals surface area (Å²) in [5.41, 5.74) is 2.77. The quantitative estimate of drug-likeness (QED) is 0.876. The highest BCUT2D eigenvalue weighted by atomic mass is 16.3. The number of hydrogen-bond acceptors (Lipinski definition) is 2. The van der Waals surface area contributed by atoms with Gasteiger partial charge in [0.15, 0.2) is 0 Å².